The van der Waals surface area contributed by atoms with E-state index in [2.05, 4.69) is 47.0 Å². The molecule has 0 spiro atoms. The van der Waals surface area contributed by atoms with E-state index in [1.165, 1.54) is 0 Å². The molecule has 0 saturated carbocycles. The molecule has 0 aliphatic carbocycles. The summed E-state index contributed by atoms with van der Waals surface area (Å²) in [6.45, 7) is 6.84. The number of anilines is 1. The summed E-state index contributed by atoms with van der Waals surface area (Å²) in [7, 11) is 0. The van der Waals surface area contributed by atoms with E-state index >= 15 is 0 Å². The van der Waals surface area contributed by atoms with E-state index in [4.69, 9.17) is 10.5 Å². The molecule has 3 aromatic carbocycles. The molecular weight excluding hydrogens is 468 g/mol. The number of carbonyl (C=O) groups is 1. The van der Waals surface area contributed by atoms with Crippen LogP contribution in [0.3, 0.4) is 0 Å². The summed E-state index contributed by atoms with van der Waals surface area (Å²) in [4.78, 5) is 22.3. The number of nitrogens with one attached hydrogen (secondary N) is 1. The fourth-order valence-corrected chi connectivity index (χ4v) is 4.54. The van der Waals surface area contributed by atoms with Crippen LogP contribution < -0.4 is 15.8 Å². The van der Waals surface area contributed by atoms with E-state index in [0.29, 0.717) is 24.6 Å². The predicted octanol–water partition coefficient (Wildman–Crippen LogP) is 5.53. The minimum atomic E-state index is -0.159. The highest BCUT2D eigenvalue weighted by Gasteiger charge is 2.18. The lowest BCUT2D eigenvalue weighted by molar-refractivity contribution is 0.0948. The van der Waals surface area contributed by atoms with Gasteiger partial charge in [0.2, 0.25) is 11.8 Å². The molecular formula is C29H30N4O2S. The fraction of sp³-hybridized carbons (Fsp3) is 0.207. The van der Waals surface area contributed by atoms with Crippen molar-refractivity contribution in [1.82, 2.24) is 15.3 Å². The van der Waals surface area contributed by atoms with Gasteiger partial charge in [-0.25, -0.2) is 4.98 Å². The number of thiol groups is 1. The lowest BCUT2D eigenvalue weighted by atomic mass is 9.95. The maximum Gasteiger partial charge on any atom is 0.251 e. The number of hydrogen-bond donors (Lipinski definition) is 3. The molecule has 7 heteroatoms. The standard InChI is InChI=1S/C29H30N4O2S/c1-18-8-4-5-13-24(18)22(16-31-28(34)21-11-7-12-23(36)14-21)17-35-26-15-25(32-29(30)33-26)27-19(2)9-6-10-20(27)3/h4-15,22,36H,16-17H2,1-3H3,(H,31,34)(H2,30,32,33). The number of nitrogens with two attached hydrogens (primary N) is 1. The summed E-state index contributed by atoms with van der Waals surface area (Å²) in [6.07, 6.45) is 0. The van der Waals surface area contributed by atoms with Crippen molar-refractivity contribution in [3.63, 3.8) is 0 Å². The van der Waals surface area contributed by atoms with Gasteiger partial charge < -0.3 is 15.8 Å². The van der Waals surface area contributed by atoms with Crippen LogP contribution in [0, 0.1) is 20.8 Å². The van der Waals surface area contributed by atoms with Gasteiger partial charge in [0.15, 0.2) is 0 Å². The highest BCUT2D eigenvalue weighted by atomic mass is 32.1. The molecule has 1 amide bonds. The van der Waals surface area contributed by atoms with Gasteiger partial charge in [0.05, 0.1) is 12.3 Å². The number of benzene rings is 3. The van der Waals surface area contributed by atoms with Crippen LogP contribution in [0.1, 0.15) is 38.5 Å². The molecule has 1 heterocycles. The summed E-state index contributed by atoms with van der Waals surface area (Å²) >= 11 is 4.34. The van der Waals surface area contributed by atoms with Crippen molar-refractivity contribution in [2.75, 3.05) is 18.9 Å². The molecule has 1 aromatic heterocycles. The first-order valence-corrected chi connectivity index (χ1v) is 12.2. The number of carbonyl (C=O) groups excluding carboxylic acids is 1. The molecule has 1 unspecified atom stereocenters. The first-order valence-electron chi connectivity index (χ1n) is 11.8. The minimum Gasteiger partial charge on any atom is -0.477 e. The monoisotopic (exact) mass is 498 g/mol. The highest BCUT2D eigenvalue weighted by molar-refractivity contribution is 7.80. The lowest BCUT2D eigenvalue weighted by Crippen LogP contribution is -2.31. The Bertz CT molecular complexity index is 1370. The zero-order chi connectivity index (χ0) is 25.7. The van der Waals surface area contributed by atoms with Crippen molar-refractivity contribution in [2.45, 2.75) is 31.6 Å². The van der Waals surface area contributed by atoms with E-state index in [1.807, 2.05) is 62.4 Å². The molecule has 0 bridgehead atoms. The average molecular weight is 499 g/mol. The number of aryl methyl sites for hydroxylation is 3. The summed E-state index contributed by atoms with van der Waals surface area (Å²) < 4.78 is 6.16. The second-order valence-corrected chi connectivity index (χ2v) is 9.36. The van der Waals surface area contributed by atoms with Crippen LogP contribution in [0.2, 0.25) is 0 Å². The first kappa shape index (κ1) is 25.3. The summed E-state index contributed by atoms with van der Waals surface area (Å²) in [5, 5.41) is 3.04. The van der Waals surface area contributed by atoms with Crippen LogP contribution in [-0.4, -0.2) is 29.0 Å². The largest absolute Gasteiger partial charge is 0.477 e. The molecule has 0 aliphatic rings. The van der Waals surface area contributed by atoms with Crippen LogP contribution in [-0.2, 0) is 0 Å². The van der Waals surface area contributed by atoms with Crippen molar-refractivity contribution in [2.24, 2.45) is 0 Å². The SMILES string of the molecule is Cc1ccccc1C(CNC(=O)c1cccc(S)c1)COc1cc(-c2c(C)cccc2C)nc(N)n1. The smallest absolute Gasteiger partial charge is 0.251 e. The lowest BCUT2D eigenvalue weighted by Gasteiger charge is -2.21. The molecule has 3 N–H and O–H groups in total. The van der Waals surface area contributed by atoms with Gasteiger partial charge in [-0.3, -0.25) is 4.79 Å². The van der Waals surface area contributed by atoms with Crippen molar-refractivity contribution in [3.05, 3.63) is 101 Å². The molecule has 6 nitrogen and oxygen atoms in total. The number of amides is 1. The molecule has 0 saturated heterocycles. The number of rotatable bonds is 8. The topological polar surface area (TPSA) is 90.1 Å². The van der Waals surface area contributed by atoms with E-state index in [1.54, 1.807) is 12.1 Å². The van der Waals surface area contributed by atoms with Gasteiger partial charge >= 0.3 is 0 Å². The molecule has 4 rings (SSSR count). The molecule has 36 heavy (non-hydrogen) atoms. The second-order valence-electron chi connectivity index (χ2n) is 8.84. The predicted molar refractivity (Wildman–Crippen MR) is 147 cm³/mol. The quantitative estimate of drug-likeness (QED) is 0.278. The zero-order valence-corrected chi connectivity index (χ0v) is 21.5. The van der Waals surface area contributed by atoms with Crippen LogP contribution >= 0.6 is 12.6 Å². The molecule has 0 aliphatic heterocycles. The summed E-state index contributed by atoms with van der Waals surface area (Å²) in [5.41, 5.74) is 12.8. The van der Waals surface area contributed by atoms with Crippen molar-refractivity contribution in [3.8, 4) is 17.1 Å². The van der Waals surface area contributed by atoms with Gasteiger partial charge in [-0.15, -0.1) is 12.6 Å². The van der Waals surface area contributed by atoms with E-state index in [-0.39, 0.29) is 17.8 Å². The molecule has 0 fully saturated rings. The summed E-state index contributed by atoms with van der Waals surface area (Å²) in [5.74, 6) is 0.285. The normalized spacial score (nSPS) is 11.7. The number of nitrogens with zero attached hydrogens (tertiary/aromatic N) is 2. The van der Waals surface area contributed by atoms with Gasteiger partial charge in [0.1, 0.15) is 0 Å². The minimum absolute atomic E-state index is 0.103. The third-order valence-electron chi connectivity index (χ3n) is 6.14. The Morgan fingerprint density at radius 2 is 1.64 bits per heavy atom. The maximum absolute atomic E-state index is 12.8. The van der Waals surface area contributed by atoms with Crippen LogP contribution in [0.5, 0.6) is 5.88 Å². The first-order chi connectivity index (χ1) is 17.3. The van der Waals surface area contributed by atoms with E-state index in [9.17, 15) is 4.79 Å². The van der Waals surface area contributed by atoms with Crippen molar-refractivity contribution >= 4 is 24.5 Å². The van der Waals surface area contributed by atoms with Gasteiger partial charge in [-0.05, 0) is 61.2 Å². The van der Waals surface area contributed by atoms with Gasteiger partial charge in [0, 0.05) is 34.6 Å². The zero-order valence-electron chi connectivity index (χ0n) is 20.7. The third-order valence-corrected chi connectivity index (χ3v) is 6.41. The Morgan fingerprint density at radius 3 is 2.36 bits per heavy atom. The Morgan fingerprint density at radius 1 is 0.944 bits per heavy atom. The van der Waals surface area contributed by atoms with Crippen LogP contribution in [0.25, 0.3) is 11.3 Å². The molecule has 0 radical (unpaired) electrons. The van der Waals surface area contributed by atoms with Crippen LogP contribution in [0.4, 0.5) is 5.95 Å². The number of nitrogen functional groups attached to an aromatic ring is 1. The number of hydrogen-bond acceptors (Lipinski definition) is 6. The van der Waals surface area contributed by atoms with Crippen LogP contribution in [0.15, 0.2) is 77.7 Å². The van der Waals surface area contributed by atoms with Crippen molar-refractivity contribution in [1.29, 1.82) is 0 Å². The van der Waals surface area contributed by atoms with Gasteiger partial charge in [0.25, 0.3) is 5.91 Å². The van der Waals surface area contributed by atoms with Gasteiger partial charge in [-0.2, -0.15) is 4.98 Å². The molecule has 184 valence electrons. The molecule has 4 aromatic rings. The second kappa shape index (κ2) is 11.3. The Kier molecular flexibility index (Phi) is 7.90. The van der Waals surface area contributed by atoms with Gasteiger partial charge in [-0.1, -0.05) is 48.5 Å². The maximum atomic E-state index is 12.8. The van der Waals surface area contributed by atoms with E-state index in [0.717, 1.165) is 38.4 Å². The Labute approximate surface area is 217 Å². The Balaban J connectivity index is 1.56. The van der Waals surface area contributed by atoms with Crippen molar-refractivity contribution < 1.29 is 9.53 Å². The highest BCUT2D eigenvalue weighted by Crippen LogP contribution is 2.29. The Hall–Kier alpha value is -3.84. The van der Waals surface area contributed by atoms with E-state index < -0.39 is 0 Å². The third kappa shape index (κ3) is 6.04. The average Bonchev–Trinajstić information content (AvgIpc) is 2.84. The number of ether oxygens (including phenoxy) is 1. The molecule has 1 atom stereocenters. The summed E-state index contributed by atoms with van der Waals surface area (Å²) in [6, 6.07) is 23.2. The number of aromatic nitrogens is 2. The fourth-order valence-electron chi connectivity index (χ4n) is 4.32.